The van der Waals surface area contributed by atoms with E-state index in [9.17, 15) is 19.2 Å². The molecule has 4 atom stereocenters. The first-order valence-electron chi connectivity index (χ1n) is 11.3. The van der Waals surface area contributed by atoms with Crippen molar-refractivity contribution in [1.29, 1.82) is 0 Å². The van der Waals surface area contributed by atoms with Crippen LogP contribution in [0.2, 0.25) is 15.1 Å². The Morgan fingerprint density at radius 2 is 1.69 bits per heavy atom. The van der Waals surface area contributed by atoms with Gasteiger partial charge in [-0.25, -0.2) is 5.01 Å². The van der Waals surface area contributed by atoms with E-state index < -0.39 is 41.4 Å². The molecule has 0 N–H and O–H groups in total. The van der Waals surface area contributed by atoms with Gasteiger partial charge in [0.2, 0.25) is 0 Å². The Kier molecular flexibility index (Phi) is 8.10. The number of nitrogens with zero attached hydrogens (tertiary/aromatic N) is 2. The number of imide groups is 1. The molecule has 10 heteroatoms. The third-order valence-corrected chi connectivity index (χ3v) is 7.56. The average Bonchev–Trinajstić information content (AvgIpc) is 3.09. The zero-order valence-corrected chi connectivity index (χ0v) is 22.2. The van der Waals surface area contributed by atoms with Crippen LogP contribution in [0.25, 0.3) is 0 Å². The van der Waals surface area contributed by atoms with Gasteiger partial charge < -0.3 is 0 Å². The van der Waals surface area contributed by atoms with Crippen LogP contribution in [0.5, 0.6) is 0 Å². The third kappa shape index (κ3) is 4.92. The van der Waals surface area contributed by atoms with E-state index in [1.165, 1.54) is 30.3 Å². The zero-order valence-electron chi connectivity index (χ0n) is 19.2. The van der Waals surface area contributed by atoms with Gasteiger partial charge in [0.15, 0.2) is 5.78 Å². The Hall–Kier alpha value is -2.38. The SMILES string of the molecule is C[C@@H]1C=CC[C@@H]2C(=O)N(N(C(=O)c3ccc(Cl)cc3Cl)[C@H](CCCl)C(=O)c3ccc(Cl)cc3)C(=O)[C@H]12. The van der Waals surface area contributed by atoms with Crippen molar-refractivity contribution < 1.29 is 19.2 Å². The maximum atomic E-state index is 14.0. The highest BCUT2D eigenvalue weighted by molar-refractivity contribution is 6.37. The van der Waals surface area contributed by atoms with Gasteiger partial charge >= 0.3 is 0 Å². The summed E-state index contributed by atoms with van der Waals surface area (Å²) < 4.78 is 0. The third-order valence-electron chi connectivity index (χ3n) is 6.54. The molecule has 0 saturated carbocycles. The van der Waals surface area contributed by atoms with Crippen molar-refractivity contribution in [3.05, 3.63) is 80.8 Å². The number of amides is 3. The van der Waals surface area contributed by atoms with Crippen molar-refractivity contribution in [2.75, 3.05) is 5.88 Å². The molecular formula is C26H22Cl4N2O4. The van der Waals surface area contributed by atoms with E-state index in [4.69, 9.17) is 46.4 Å². The predicted molar refractivity (Wildman–Crippen MR) is 139 cm³/mol. The van der Waals surface area contributed by atoms with Gasteiger partial charge in [-0.05, 0) is 61.2 Å². The lowest BCUT2D eigenvalue weighted by Crippen LogP contribution is -2.57. The number of allylic oxidation sites excluding steroid dienone is 2. The maximum Gasteiger partial charge on any atom is 0.275 e. The molecule has 1 aliphatic carbocycles. The Bertz CT molecular complexity index is 1250. The number of carbonyl (C=O) groups excluding carboxylic acids is 4. The first-order chi connectivity index (χ1) is 17.1. The molecule has 188 valence electrons. The van der Waals surface area contributed by atoms with Crippen molar-refractivity contribution >= 4 is 69.9 Å². The van der Waals surface area contributed by atoms with Crippen molar-refractivity contribution in [1.82, 2.24) is 10.0 Å². The molecule has 2 aliphatic rings. The number of rotatable bonds is 7. The fraction of sp³-hybridized carbons (Fsp3) is 0.308. The van der Waals surface area contributed by atoms with Gasteiger partial charge in [-0.3, -0.25) is 19.2 Å². The lowest BCUT2D eigenvalue weighted by molar-refractivity contribution is -0.156. The van der Waals surface area contributed by atoms with Crippen molar-refractivity contribution in [3.8, 4) is 0 Å². The van der Waals surface area contributed by atoms with Crippen LogP contribution in [-0.2, 0) is 9.59 Å². The van der Waals surface area contributed by atoms with E-state index in [1.807, 2.05) is 19.1 Å². The topological polar surface area (TPSA) is 74.8 Å². The van der Waals surface area contributed by atoms with Crippen LogP contribution in [0.3, 0.4) is 0 Å². The lowest BCUT2D eigenvalue weighted by Gasteiger charge is -2.36. The first kappa shape index (κ1) is 26.7. The highest BCUT2D eigenvalue weighted by atomic mass is 35.5. The summed E-state index contributed by atoms with van der Waals surface area (Å²) in [6.07, 6.45) is 4.09. The van der Waals surface area contributed by atoms with E-state index in [2.05, 4.69) is 0 Å². The molecule has 1 aliphatic heterocycles. The van der Waals surface area contributed by atoms with Gasteiger partial charge in [-0.15, -0.1) is 11.6 Å². The molecule has 36 heavy (non-hydrogen) atoms. The molecule has 0 radical (unpaired) electrons. The summed E-state index contributed by atoms with van der Waals surface area (Å²) in [6, 6.07) is 9.12. The average molecular weight is 568 g/mol. The zero-order chi connectivity index (χ0) is 26.1. The molecule has 4 rings (SSSR count). The number of hydrazine groups is 1. The monoisotopic (exact) mass is 566 g/mol. The molecule has 3 amide bonds. The Morgan fingerprint density at radius 3 is 2.31 bits per heavy atom. The predicted octanol–water partition coefficient (Wildman–Crippen LogP) is 6.08. The Labute approximate surface area is 228 Å². The number of fused-ring (bicyclic) bond motifs is 1. The summed E-state index contributed by atoms with van der Waals surface area (Å²) in [5.41, 5.74) is 0.243. The van der Waals surface area contributed by atoms with Crippen molar-refractivity contribution in [2.24, 2.45) is 17.8 Å². The second-order valence-electron chi connectivity index (χ2n) is 8.78. The summed E-state index contributed by atoms with van der Waals surface area (Å²) in [5.74, 6) is -3.84. The Morgan fingerprint density at radius 1 is 1.03 bits per heavy atom. The fourth-order valence-electron chi connectivity index (χ4n) is 4.78. The highest BCUT2D eigenvalue weighted by Crippen LogP contribution is 2.40. The summed E-state index contributed by atoms with van der Waals surface area (Å²) in [6.45, 7) is 1.85. The van der Waals surface area contributed by atoms with E-state index >= 15 is 0 Å². The van der Waals surface area contributed by atoms with Crippen molar-refractivity contribution in [3.63, 3.8) is 0 Å². The number of Topliss-reactive ketones (excluding diaryl/α,β-unsaturated/α-hetero) is 1. The number of ketones is 1. The van der Waals surface area contributed by atoms with E-state index in [-0.39, 0.29) is 34.4 Å². The molecule has 6 nitrogen and oxygen atoms in total. The van der Waals surface area contributed by atoms with Crippen LogP contribution in [0.15, 0.2) is 54.6 Å². The molecule has 0 bridgehead atoms. The number of halogens is 4. The lowest BCUT2D eigenvalue weighted by atomic mass is 9.78. The van der Waals surface area contributed by atoms with Gasteiger partial charge in [0.25, 0.3) is 17.7 Å². The molecule has 0 unspecified atom stereocenters. The number of hydrogen-bond donors (Lipinski definition) is 0. The summed E-state index contributed by atoms with van der Waals surface area (Å²) in [7, 11) is 0. The minimum Gasteiger partial charge on any atom is -0.292 e. The van der Waals surface area contributed by atoms with E-state index in [0.717, 1.165) is 10.0 Å². The molecule has 2 aromatic carbocycles. The van der Waals surface area contributed by atoms with Gasteiger partial charge in [-0.1, -0.05) is 53.9 Å². The maximum absolute atomic E-state index is 14.0. The van der Waals surface area contributed by atoms with Crippen LogP contribution >= 0.6 is 46.4 Å². The number of carbonyl (C=O) groups is 4. The van der Waals surface area contributed by atoms with Crippen LogP contribution in [-0.4, -0.2) is 45.4 Å². The second kappa shape index (κ2) is 10.9. The largest absolute Gasteiger partial charge is 0.292 e. The van der Waals surface area contributed by atoms with E-state index in [0.29, 0.717) is 16.5 Å². The van der Waals surface area contributed by atoms with Gasteiger partial charge in [0.1, 0.15) is 6.04 Å². The molecule has 1 heterocycles. The molecule has 2 aromatic rings. The number of benzene rings is 2. The van der Waals surface area contributed by atoms with Gasteiger partial charge in [0, 0.05) is 21.5 Å². The summed E-state index contributed by atoms with van der Waals surface area (Å²) in [4.78, 5) is 54.9. The van der Waals surface area contributed by atoms with Crippen LogP contribution in [0, 0.1) is 17.8 Å². The van der Waals surface area contributed by atoms with Crippen molar-refractivity contribution in [2.45, 2.75) is 25.8 Å². The quantitative estimate of drug-likeness (QED) is 0.176. The summed E-state index contributed by atoms with van der Waals surface area (Å²) >= 11 is 24.4. The first-order valence-corrected chi connectivity index (χ1v) is 13.0. The standard InChI is InChI=1S/C26H22Cl4N2O4/c1-14-3-2-4-19-22(14)26(36)32(25(19)35)31(24(34)18-10-9-17(29)13-20(18)30)21(11-12-27)23(33)15-5-7-16(28)8-6-15/h2-3,5-10,13-14,19,21-22H,4,11-12H2,1H3/t14-,19+,21-,22-/m1/s1. The molecular weight excluding hydrogens is 546 g/mol. The van der Waals surface area contributed by atoms with Gasteiger partial charge in [0.05, 0.1) is 22.4 Å². The molecule has 1 saturated heterocycles. The molecule has 0 spiro atoms. The minimum absolute atomic E-state index is 0.00816. The molecule has 1 fully saturated rings. The smallest absolute Gasteiger partial charge is 0.275 e. The summed E-state index contributed by atoms with van der Waals surface area (Å²) in [5, 5.41) is 2.52. The van der Waals surface area contributed by atoms with Gasteiger partial charge in [-0.2, -0.15) is 5.01 Å². The molecule has 0 aromatic heterocycles. The highest BCUT2D eigenvalue weighted by Gasteiger charge is 2.55. The van der Waals surface area contributed by atoms with Crippen LogP contribution < -0.4 is 0 Å². The second-order valence-corrected chi connectivity index (χ2v) is 10.4. The number of alkyl halides is 1. The van der Waals surface area contributed by atoms with E-state index in [1.54, 1.807) is 12.1 Å². The fourth-order valence-corrected chi connectivity index (χ4v) is 5.60. The van der Waals surface area contributed by atoms with Crippen LogP contribution in [0.1, 0.15) is 40.5 Å². The van der Waals surface area contributed by atoms with Crippen LogP contribution in [0.4, 0.5) is 0 Å². The Balaban J connectivity index is 1.84. The normalized spacial score (nSPS) is 21.9. The number of hydrogen-bond acceptors (Lipinski definition) is 4. The minimum atomic E-state index is -1.25.